The molecule has 0 N–H and O–H groups in total. The van der Waals surface area contributed by atoms with E-state index in [2.05, 4.69) is 9.73 Å². The molecule has 0 aliphatic rings. The van der Waals surface area contributed by atoms with Gasteiger partial charge in [0.05, 0.1) is 10.2 Å². The number of hydrogen-bond donors (Lipinski definition) is 0. The molecule has 1 atom stereocenters. The van der Waals surface area contributed by atoms with Crippen LogP contribution in [0, 0.1) is 0 Å². The lowest BCUT2D eigenvalue weighted by atomic mass is 10.2. The number of halogens is 4. The summed E-state index contributed by atoms with van der Waals surface area (Å²) in [6.07, 6.45) is -4.02. The highest BCUT2D eigenvalue weighted by Crippen LogP contribution is 2.29. The summed E-state index contributed by atoms with van der Waals surface area (Å²) >= 11 is 7.06. The molecule has 2 aromatic carbocycles. The van der Waals surface area contributed by atoms with Crippen LogP contribution < -0.4 is 9.54 Å². The van der Waals surface area contributed by atoms with Gasteiger partial charge in [-0.3, -0.25) is 4.79 Å². The predicted octanol–water partition coefficient (Wildman–Crippen LogP) is 5.97. The Hall–Kier alpha value is -2.32. The van der Waals surface area contributed by atoms with E-state index in [9.17, 15) is 18.0 Å². The number of aromatic nitrogens is 1. The maximum atomic E-state index is 12.6. The van der Waals surface area contributed by atoms with Gasteiger partial charge in [0, 0.05) is 16.6 Å². The number of carbonyl (C=O) groups excluding carboxylic acids is 1. The molecule has 1 amide bonds. The van der Waals surface area contributed by atoms with Crippen molar-refractivity contribution in [1.29, 1.82) is 0 Å². The van der Waals surface area contributed by atoms with Gasteiger partial charge in [0.1, 0.15) is 5.75 Å². The first kappa shape index (κ1) is 20.4. The quantitative estimate of drug-likeness (QED) is 0.514. The van der Waals surface area contributed by atoms with E-state index in [0.29, 0.717) is 25.6 Å². The molecule has 0 radical (unpaired) electrons. The SMILES string of the molecule is CCC(C)n1c(=NC(=O)c2cccc(Cl)c2)sc2cc(OC(F)(F)F)ccc21. The van der Waals surface area contributed by atoms with Crippen LogP contribution in [0.5, 0.6) is 5.75 Å². The minimum Gasteiger partial charge on any atom is -0.406 e. The van der Waals surface area contributed by atoms with Crippen LogP contribution in [-0.2, 0) is 0 Å². The molecule has 1 heterocycles. The summed E-state index contributed by atoms with van der Waals surface area (Å²) in [7, 11) is 0. The van der Waals surface area contributed by atoms with Crippen LogP contribution >= 0.6 is 22.9 Å². The maximum absolute atomic E-state index is 12.6. The molecule has 0 bridgehead atoms. The van der Waals surface area contributed by atoms with E-state index in [1.807, 2.05) is 18.4 Å². The van der Waals surface area contributed by atoms with Crippen LogP contribution in [0.4, 0.5) is 13.2 Å². The molecule has 148 valence electrons. The van der Waals surface area contributed by atoms with Gasteiger partial charge in [-0.15, -0.1) is 13.2 Å². The molecule has 1 unspecified atom stereocenters. The lowest BCUT2D eigenvalue weighted by Crippen LogP contribution is -2.20. The highest BCUT2D eigenvalue weighted by atomic mass is 35.5. The minimum absolute atomic E-state index is 0.00551. The summed E-state index contributed by atoms with van der Waals surface area (Å²) in [6.45, 7) is 3.93. The van der Waals surface area contributed by atoms with E-state index >= 15 is 0 Å². The predicted molar refractivity (Wildman–Crippen MR) is 103 cm³/mol. The first-order chi connectivity index (χ1) is 13.2. The maximum Gasteiger partial charge on any atom is 0.573 e. The fraction of sp³-hybridized carbons (Fsp3) is 0.263. The average Bonchev–Trinajstić information content (AvgIpc) is 2.96. The Bertz CT molecular complexity index is 1090. The van der Waals surface area contributed by atoms with Gasteiger partial charge in [0.2, 0.25) is 0 Å². The van der Waals surface area contributed by atoms with Crippen LogP contribution in [0.15, 0.2) is 47.5 Å². The molecule has 1 aromatic heterocycles. The Labute approximate surface area is 167 Å². The second kappa shape index (κ2) is 7.97. The number of fused-ring (bicyclic) bond motifs is 1. The number of ether oxygens (including phenoxy) is 1. The van der Waals surface area contributed by atoms with Crippen molar-refractivity contribution >= 4 is 39.1 Å². The molecule has 28 heavy (non-hydrogen) atoms. The summed E-state index contributed by atoms with van der Waals surface area (Å²) in [5, 5.41) is 0.418. The number of carbonyl (C=O) groups is 1. The second-order valence-electron chi connectivity index (χ2n) is 6.12. The molecule has 4 nitrogen and oxygen atoms in total. The van der Waals surface area contributed by atoms with Crippen molar-refractivity contribution < 1.29 is 22.7 Å². The summed E-state index contributed by atoms with van der Waals surface area (Å²) < 4.78 is 43.9. The van der Waals surface area contributed by atoms with Crippen molar-refractivity contribution in [1.82, 2.24) is 4.57 Å². The number of benzene rings is 2. The van der Waals surface area contributed by atoms with Gasteiger partial charge in [-0.25, -0.2) is 0 Å². The van der Waals surface area contributed by atoms with Gasteiger partial charge in [0.25, 0.3) is 5.91 Å². The highest BCUT2D eigenvalue weighted by Gasteiger charge is 2.31. The van der Waals surface area contributed by atoms with Crippen molar-refractivity contribution in [2.24, 2.45) is 4.99 Å². The molecular weight excluding hydrogens is 413 g/mol. The third-order valence-electron chi connectivity index (χ3n) is 4.13. The van der Waals surface area contributed by atoms with Crippen LogP contribution in [0.25, 0.3) is 10.2 Å². The topological polar surface area (TPSA) is 43.6 Å². The molecule has 3 rings (SSSR count). The van der Waals surface area contributed by atoms with E-state index in [1.165, 1.54) is 18.2 Å². The molecule has 0 saturated heterocycles. The fourth-order valence-electron chi connectivity index (χ4n) is 2.68. The summed E-state index contributed by atoms with van der Waals surface area (Å²) in [5.74, 6) is -0.789. The van der Waals surface area contributed by atoms with Crippen molar-refractivity contribution in [3.05, 3.63) is 57.9 Å². The van der Waals surface area contributed by atoms with E-state index < -0.39 is 12.3 Å². The van der Waals surface area contributed by atoms with Crippen LogP contribution in [-0.4, -0.2) is 16.8 Å². The van der Waals surface area contributed by atoms with Crippen molar-refractivity contribution in [3.63, 3.8) is 0 Å². The molecule has 0 aliphatic heterocycles. The number of nitrogens with zero attached hydrogens (tertiary/aromatic N) is 2. The summed E-state index contributed by atoms with van der Waals surface area (Å²) in [4.78, 5) is 17.2. The number of thiazole rings is 1. The minimum atomic E-state index is -4.77. The third-order valence-corrected chi connectivity index (χ3v) is 5.38. The van der Waals surface area contributed by atoms with Gasteiger partial charge in [-0.1, -0.05) is 35.9 Å². The van der Waals surface area contributed by atoms with Gasteiger partial charge in [-0.05, 0) is 49.7 Å². The number of rotatable bonds is 4. The average molecular weight is 429 g/mol. The summed E-state index contributed by atoms with van der Waals surface area (Å²) in [5.41, 5.74) is 1.02. The Morgan fingerprint density at radius 2 is 2.04 bits per heavy atom. The van der Waals surface area contributed by atoms with Crippen molar-refractivity contribution in [2.75, 3.05) is 0 Å². The Morgan fingerprint density at radius 3 is 2.68 bits per heavy atom. The van der Waals surface area contributed by atoms with Crippen LogP contribution in [0.2, 0.25) is 5.02 Å². The molecule has 0 fully saturated rings. The lowest BCUT2D eigenvalue weighted by molar-refractivity contribution is -0.274. The van der Waals surface area contributed by atoms with Gasteiger partial charge >= 0.3 is 6.36 Å². The molecule has 0 aliphatic carbocycles. The second-order valence-corrected chi connectivity index (χ2v) is 7.56. The third kappa shape index (κ3) is 4.56. The number of amides is 1. The molecule has 9 heteroatoms. The fourth-order valence-corrected chi connectivity index (χ4v) is 4.02. The monoisotopic (exact) mass is 428 g/mol. The largest absolute Gasteiger partial charge is 0.573 e. The zero-order valence-electron chi connectivity index (χ0n) is 15.0. The first-order valence-corrected chi connectivity index (χ1v) is 9.63. The Morgan fingerprint density at radius 1 is 1.29 bits per heavy atom. The van der Waals surface area contributed by atoms with E-state index in [0.717, 1.165) is 17.8 Å². The lowest BCUT2D eigenvalue weighted by Gasteiger charge is -2.13. The zero-order chi connectivity index (χ0) is 20.5. The van der Waals surface area contributed by atoms with E-state index in [4.69, 9.17) is 11.6 Å². The molecule has 0 spiro atoms. The van der Waals surface area contributed by atoms with Gasteiger partial charge in [-0.2, -0.15) is 4.99 Å². The van der Waals surface area contributed by atoms with Crippen molar-refractivity contribution in [3.8, 4) is 5.75 Å². The van der Waals surface area contributed by atoms with Gasteiger partial charge in [0.15, 0.2) is 4.80 Å². The zero-order valence-corrected chi connectivity index (χ0v) is 16.5. The highest BCUT2D eigenvalue weighted by molar-refractivity contribution is 7.16. The Kier molecular flexibility index (Phi) is 5.81. The van der Waals surface area contributed by atoms with E-state index in [1.54, 1.807) is 24.3 Å². The first-order valence-electron chi connectivity index (χ1n) is 8.43. The van der Waals surface area contributed by atoms with Gasteiger partial charge < -0.3 is 9.30 Å². The van der Waals surface area contributed by atoms with E-state index in [-0.39, 0.29) is 11.8 Å². The number of alkyl halides is 3. The van der Waals surface area contributed by atoms with Crippen LogP contribution in [0.3, 0.4) is 0 Å². The standard InChI is InChI=1S/C19H16ClF3N2O2S/c1-3-11(2)25-15-8-7-14(27-19(21,22)23)10-16(15)28-18(25)24-17(26)12-5-4-6-13(20)9-12/h4-11H,3H2,1-2H3. The molecular formula is C19H16ClF3N2O2S. The Balaban J connectivity index is 2.13. The molecule has 3 aromatic rings. The number of hydrogen-bond acceptors (Lipinski definition) is 3. The normalized spacial score (nSPS) is 13.7. The smallest absolute Gasteiger partial charge is 0.406 e. The molecule has 0 saturated carbocycles. The van der Waals surface area contributed by atoms with Crippen LogP contribution in [0.1, 0.15) is 36.7 Å². The van der Waals surface area contributed by atoms with Crippen molar-refractivity contribution in [2.45, 2.75) is 32.7 Å². The summed E-state index contributed by atoms with van der Waals surface area (Å²) in [6, 6.07) is 10.5.